The molecule has 2 fully saturated rings. The number of pyridine rings is 1. The number of amides is 1. The van der Waals surface area contributed by atoms with Gasteiger partial charge in [0.05, 0.1) is 35.5 Å². The van der Waals surface area contributed by atoms with Gasteiger partial charge in [-0.05, 0) is 43.0 Å². The molecule has 0 radical (unpaired) electrons. The first kappa shape index (κ1) is 24.2. The topological polar surface area (TPSA) is 112 Å². The minimum Gasteiger partial charge on any atom is -0.496 e. The number of likely N-dealkylation sites (N-methyl/N-ethyl adjacent to an activating group) is 1. The molecule has 1 aromatic carbocycles. The average molecular weight is 522 g/mol. The predicted molar refractivity (Wildman–Crippen MR) is 144 cm³/mol. The van der Waals surface area contributed by atoms with Gasteiger partial charge in [-0.15, -0.1) is 0 Å². The van der Waals surface area contributed by atoms with E-state index in [0.717, 1.165) is 50.5 Å². The Morgan fingerprint density at radius 3 is 2.78 bits per heavy atom. The second-order valence-corrected chi connectivity index (χ2v) is 10.8. The van der Waals surface area contributed by atoms with Crippen molar-refractivity contribution in [1.82, 2.24) is 24.8 Å². The molecule has 194 valence electrons. The van der Waals surface area contributed by atoms with Crippen molar-refractivity contribution in [1.29, 1.82) is 0 Å². The summed E-state index contributed by atoms with van der Waals surface area (Å²) in [7, 11) is 3.84. The van der Waals surface area contributed by atoms with Gasteiger partial charge in [0, 0.05) is 38.8 Å². The SMILES string of the molecule is COc1cc(CN2CCN(C)CC2)ccc1-c1nc2c(N[C@H]3[C@@H](C(N)=O)[C@@H]4C=C[C@H]3C4)c(Cl)cnc2[nH]1. The van der Waals surface area contributed by atoms with Crippen LogP contribution in [-0.2, 0) is 11.3 Å². The number of hydrogen-bond acceptors (Lipinski definition) is 7. The van der Waals surface area contributed by atoms with E-state index in [1.165, 1.54) is 5.56 Å². The van der Waals surface area contributed by atoms with Crippen LogP contribution in [0.2, 0.25) is 5.02 Å². The van der Waals surface area contributed by atoms with Gasteiger partial charge in [-0.25, -0.2) is 9.97 Å². The van der Waals surface area contributed by atoms with Gasteiger partial charge in [0.25, 0.3) is 0 Å². The van der Waals surface area contributed by atoms with Crippen molar-refractivity contribution in [3.8, 4) is 17.1 Å². The van der Waals surface area contributed by atoms with Gasteiger partial charge >= 0.3 is 0 Å². The summed E-state index contributed by atoms with van der Waals surface area (Å²) >= 11 is 6.60. The van der Waals surface area contributed by atoms with Crippen LogP contribution >= 0.6 is 11.6 Å². The van der Waals surface area contributed by atoms with Crippen molar-refractivity contribution in [3.05, 3.63) is 47.1 Å². The van der Waals surface area contributed by atoms with Crippen LogP contribution in [0.25, 0.3) is 22.6 Å². The number of fused-ring (bicyclic) bond motifs is 3. The summed E-state index contributed by atoms with van der Waals surface area (Å²) in [5, 5.41) is 3.97. The van der Waals surface area contributed by atoms with Gasteiger partial charge in [-0.1, -0.05) is 29.8 Å². The summed E-state index contributed by atoms with van der Waals surface area (Å²) in [6.45, 7) is 5.16. The maximum Gasteiger partial charge on any atom is 0.223 e. The van der Waals surface area contributed by atoms with E-state index < -0.39 is 0 Å². The summed E-state index contributed by atoms with van der Waals surface area (Å²) in [6.07, 6.45) is 6.79. The van der Waals surface area contributed by atoms with Crippen LogP contribution in [0.1, 0.15) is 12.0 Å². The lowest BCUT2D eigenvalue weighted by Crippen LogP contribution is -2.43. The number of primary amides is 1. The van der Waals surface area contributed by atoms with Crippen LogP contribution in [0.5, 0.6) is 5.75 Å². The number of ether oxygens (including phenoxy) is 1. The molecule has 37 heavy (non-hydrogen) atoms. The molecule has 0 spiro atoms. The third-order valence-corrected chi connectivity index (χ3v) is 8.38. The molecule has 4 N–H and O–H groups in total. The first-order chi connectivity index (χ1) is 17.9. The van der Waals surface area contributed by atoms with E-state index in [2.05, 4.69) is 56.4 Å². The molecule has 1 amide bonds. The van der Waals surface area contributed by atoms with E-state index in [1.54, 1.807) is 13.3 Å². The third-order valence-electron chi connectivity index (χ3n) is 8.09. The number of methoxy groups -OCH3 is 1. The normalized spacial score (nSPS) is 25.7. The van der Waals surface area contributed by atoms with E-state index in [4.69, 9.17) is 27.1 Å². The fourth-order valence-corrected chi connectivity index (χ4v) is 6.26. The molecule has 2 aromatic heterocycles. The molecule has 6 rings (SSSR count). The highest BCUT2D eigenvalue weighted by Crippen LogP contribution is 2.46. The Kier molecular flexibility index (Phi) is 6.30. The fourth-order valence-electron chi connectivity index (χ4n) is 6.06. The number of carbonyl (C=O) groups excluding carboxylic acids is 1. The van der Waals surface area contributed by atoms with Gasteiger partial charge in [0.1, 0.15) is 17.1 Å². The zero-order valence-electron chi connectivity index (χ0n) is 21.1. The van der Waals surface area contributed by atoms with E-state index >= 15 is 0 Å². The number of halogens is 1. The summed E-state index contributed by atoms with van der Waals surface area (Å²) in [4.78, 5) is 29.7. The minimum atomic E-state index is -0.292. The monoisotopic (exact) mass is 521 g/mol. The molecular weight excluding hydrogens is 490 g/mol. The number of benzene rings is 1. The van der Waals surface area contributed by atoms with Crippen molar-refractivity contribution in [2.45, 2.75) is 19.0 Å². The van der Waals surface area contributed by atoms with Gasteiger partial charge in [0.2, 0.25) is 5.91 Å². The molecular formula is C27H32ClN7O2. The van der Waals surface area contributed by atoms with E-state index in [0.29, 0.717) is 27.7 Å². The van der Waals surface area contributed by atoms with E-state index in [-0.39, 0.29) is 29.7 Å². The number of nitrogens with one attached hydrogen (secondary N) is 2. The number of allylic oxidation sites excluding steroid dienone is 1. The van der Waals surface area contributed by atoms with Crippen LogP contribution in [0, 0.1) is 17.8 Å². The Labute approximate surface area is 221 Å². The van der Waals surface area contributed by atoms with Crippen LogP contribution in [0.4, 0.5) is 5.69 Å². The fraction of sp³-hybridized carbons (Fsp3) is 0.444. The number of carbonyl (C=O) groups is 1. The second kappa shape index (κ2) is 9.63. The number of aromatic amines is 1. The highest BCUT2D eigenvalue weighted by molar-refractivity contribution is 6.34. The third kappa shape index (κ3) is 4.45. The Morgan fingerprint density at radius 2 is 2.03 bits per heavy atom. The Morgan fingerprint density at radius 1 is 1.24 bits per heavy atom. The largest absolute Gasteiger partial charge is 0.496 e. The second-order valence-electron chi connectivity index (χ2n) is 10.4. The molecule has 0 unspecified atom stereocenters. The van der Waals surface area contributed by atoms with E-state index in [1.807, 2.05) is 6.07 Å². The molecule has 2 aliphatic carbocycles. The molecule has 4 atom stereocenters. The zero-order chi connectivity index (χ0) is 25.7. The van der Waals surface area contributed by atoms with Crippen molar-refractivity contribution < 1.29 is 9.53 Å². The van der Waals surface area contributed by atoms with Crippen molar-refractivity contribution in [3.63, 3.8) is 0 Å². The quantitative estimate of drug-likeness (QED) is 0.409. The minimum absolute atomic E-state index is 0.126. The molecule has 1 saturated heterocycles. The van der Waals surface area contributed by atoms with Gasteiger partial charge in [0.15, 0.2) is 5.65 Å². The highest BCUT2D eigenvalue weighted by Gasteiger charge is 2.47. The maximum absolute atomic E-state index is 12.2. The average Bonchev–Trinajstić information content (AvgIpc) is 3.62. The van der Waals surface area contributed by atoms with Crippen LogP contribution in [-0.4, -0.2) is 77.0 Å². The summed E-state index contributed by atoms with van der Waals surface area (Å²) in [5.74, 6) is 1.22. The summed E-state index contributed by atoms with van der Waals surface area (Å²) in [6, 6.07) is 6.13. The van der Waals surface area contributed by atoms with Gasteiger partial charge in [-0.2, -0.15) is 0 Å². The van der Waals surface area contributed by atoms with Gasteiger partial charge < -0.3 is 25.7 Å². The number of anilines is 1. The maximum atomic E-state index is 12.2. The highest BCUT2D eigenvalue weighted by atomic mass is 35.5. The van der Waals surface area contributed by atoms with Crippen molar-refractivity contribution in [2.75, 3.05) is 45.7 Å². The molecule has 3 heterocycles. The van der Waals surface area contributed by atoms with Crippen LogP contribution in [0.15, 0.2) is 36.5 Å². The molecule has 1 saturated carbocycles. The zero-order valence-corrected chi connectivity index (χ0v) is 21.8. The Hall–Kier alpha value is -3.14. The number of nitrogens with zero attached hydrogens (tertiary/aromatic N) is 4. The summed E-state index contributed by atoms with van der Waals surface area (Å²) < 4.78 is 5.77. The van der Waals surface area contributed by atoms with Gasteiger partial charge in [-0.3, -0.25) is 9.69 Å². The number of hydrogen-bond donors (Lipinski definition) is 3. The first-order valence-electron chi connectivity index (χ1n) is 12.8. The lowest BCUT2D eigenvalue weighted by Gasteiger charge is -2.32. The molecule has 9 nitrogen and oxygen atoms in total. The van der Waals surface area contributed by atoms with Crippen LogP contribution in [0.3, 0.4) is 0 Å². The smallest absolute Gasteiger partial charge is 0.223 e. The number of rotatable bonds is 7. The van der Waals surface area contributed by atoms with E-state index in [9.17, 15) is 4.79 Å². The molecule has 3 aromatic rings. The van der Waals surface area contributed by atoms with Crippen LogP contribution < -0.4 is 15.8 Å². The number of H-pyrrole nitrogens is 1. The predicted octanol–water partition coefficient (Wildman–Crippen LogP) is 3.12. The number of piperazine rings is 1. The molecule has 3 aliphatic rings. The standard InChI is InChI=1S/C27H32ClN7O2/c1-34-7-9-35(10-8-34)14-15-3-6-18(20(11-15)37-2)26-32-24-23(19(28)13-30-27(24)33-26)31-22-17-5-4-16(12-17)21(22)25(29)36/h3-6,11,13,16-17,21-22H,7-10,12,14H2,1-2H3,(H2,29,36)(H2,30,31,32,33)/t16-,17+,21+,22-/m1/s1. The lowest BCUT2D eigenvalue weighted by molar-refractivity contribution is -0.122. The van der Waals surface area contributed by atoms with Crippen molar-refractivity contribution >= 4 is 34.4 Å². The summed E-state index contributed by atoms with van der Waals surface area (Å²) in [5.41, 5.74) is 9.72. The molecule has 2 bridgehead atoms. The first-order valence-corrected chi connectivity index (χ1v) is 13.2. The number of nitrogens with two attached hydrogens (primary N) is 1. The molecule has 1 aliphatic heterocycles. The Bertz CT molecular complexity index is 1360. The molecule has 10 heteroatoms. The lowest BCUT2D eigenvalue weighted by atomic mass is 9.88. The van der Waals surface area contributed by atoms with Crippen molar-refractivity contribution in [2.24, 2.45) is 23.5 Å². The number of aromatic nitrogens is 3. The Balaban J connectivity index is 1.30. The number of imidazole rings is 1.